The summed E-state index contributed by atoms with van der Waals surface area (Å²) in [6, 6.07) is 5.75. The molecule has 0 radical (unpaired) electrons. The molecule has 1 aromatic heterocycles. The molecule has 1 aliphatic rings. The molecule has 0 spiro atoms. The van der Waals surface area contributed by atoms with Crippen molar-refractivity contribution >= 4 is 11.6 Å². The maximum absolute atomic E-state index is 12.6. The fourth-order valence-electron chi connectivity index (χ4n) is 3.16. The Labute approximate surface area is 141 Å². The highest BCUT2D eigenvalue weighted by Gasteiger charge is 2.30. The molecule has 0 unspecified atom stereocenters. The molecule has 24 heavy (non-hydrogen) atoms. The Balaban J connectivity index is 1.98. The number of aryl methyl sites for hydroxylation is 1. The lowest BCUT2D eigenvalue weighted by atomic mass is 9.81. The molecule has 0 fully saturated rings. The zero-order valence-corrected chi connectivity index (χ0v) is 14.1. The van der Waals surface area contributed by atoms with Gasteiger partial charge in [-0.05, 0) is 30.0 Å². The third-order valence-electron chi connectivity index (χ3n) is 4.40. The molecule has 126 valence electrons. The highest BCUT2D eigenvalue weighted by Crippen LogP contribution is 2.37. The lowest BCUT2D eigenvalue weighted by molar-refractivity contribution is 0.0963. The Morgan fingerprint density at radius 3 is 2.58 bits per heavy atom. The van der Waals surface area contributed by atoms with Crippen LogP contribution in [0.1, 0.15) is 46.7 Å². The van der Waals surface area contributed by atoms with Crippen molar-refractivity contribution in [3.05, 3.63) is 40.8 Å². The first-order chi connectivity index (χ1) is 11.6. The monoisotopic (exact) mass is 327 g/mol. The number of nitrogens with zero attached hydrogens (tertiary/aromatic N) is 2. The minimum absolute atomic E-state index is 0.00353. The van der Waals surface area contributed by atoms with Crippen LogP contribution in [0.5, 0.6) is 11.5 Å². The summed E-state index contributed by atoms with van der Waals surface area (Å²) >= 11 is 0. The first-order valence-corrected chi connectivity index (χ1v) is 7.97. The third-order valence-corrected chi connectivity index (χ3v) is 4.40. The number of carbonyl (C=O) groups excluding carboxylic acids is 1. The SMILES string of the molecule is CCc1nc(N)c2c(n1)C[C@@H](c1ccc(OC)c(OC)c1)CC2=O. The number of nitrogens with two attached hydrogens (primary N) is 1. The van der Waals surface area contributed by atoms with Crippen LogP contribution in [0.25, 0.3) is 0 Å². The molecule has 2 N–H and O–H groups in total. The molecule has 3 rings (SSSR count). The molecule has 0 saturated heterocycles. The van der Waals surface area contributed by atoms with Gasteiger partial charge >= 0.3 is 0 Å². The normalized spacial score (nSPS) is 16.6. The molecular formula is C18H21N3O3. The minimum atomic E-state index is -0.00353. The number of anilines is 1. The maximum atomic E-state index is 12.6. The summed E-state index contributed by atoms with van der Waals surface area (Å²) in [7, 11) is 3.20. The number of fused-ring (bicyclic) bond motifs is 1. The van der Waals surface area contributed by atoms with E-state index in [0.29, 0.717) is 48.0 Å². The number of Topliss-reactive ketones (excluding diaryl/α,β-unsaturated/α-hetero) is 1. The highest BCUT2D eigenvalue weighted by atomic mass is 16.5. The van der Waals surface area contributed by atoms with E-state index in [-0.39, 0.29) is 11.7 Å². The smallest absolute Gasteiger partial charge is 0.169 e. The van der Waals surface area contributed by atoms with E-state index in [0.717, 1.165) is 11.3 Å². The number of ketones is 1. The average Bonchev–Trinajstić information content (AvgIpc) is 2.60. The van der Waals surface area contributed by atoms with Crippen LogP contribution >= 0.6 is 0 Å². The Hall–Kier alpha value is -2.63. The first kappa shape index (κ1) is 16.2. The van der Waals surface area contributed by atoms with Gasteiger partial charge in [-0.1, -0.05) is 13.0 Å². The number of hydrogen-bond donors (Lipinski definition) is 1. The molecule has 0 amide bonds. The topological polar surface area (TPSA) is 87.3 Å². The summed E-state index contributed by atoms with van der Waals surface area (Å²) in [4.78, 5) is 21.3. The van der Waals surface area contributed by atoms with Gasteiger partial charge in [0, 0.05) is 12.8 Å². The fourth-order valence-corrected chi connectivity index (χ4v) is 3.16. The molecular weight excluding hydrogens is 306 g/mol. The molecule has 0 saturated carbocycles. The van der Waals surface area contributed by atoms with Gasteiger partial charge < -0.3 is 15.2 Å². The summed E-state index contributed by atoms with van der Waals surface area (Å²) in [6.07, 6.45) is 1.74. The van der Waals surface area contributed by atoms with Crippen LogP contribution in [0.2, 0.25) is 0 Å². The molecule has 6 nitrogen and oxygen atoms in total. The van der Waals surface area contributed by atoms with Gasteiger partial charge in [-0.15, -0.1) is 0 Å². The average molecular weight is 327 g/mol. The van der Waals surface area contributed by atoms with Crippen molar-refractivity contribution in [2.45, 2.75) is 32.1 Å². The zero-order chi connectivity index (χ0) is 17.3. The van der Waals surface area contributed by atoms with E-state index in [4.69, 9.17) is 15.2 Å². The van der Waals surface area contributed by atoms with Crippen molar-refractivity contribution in [3.63, 3.8) is 0 Å². The van der Waals surface area contributed by atoms with Crippen LogP contribution in [0.3, 0.4) is 0 Å². The second-order valence-corrected chi connectivity index (χ2v) is 5.84. The Morgan fingerprint density at radius 2 is 1.92 bits per heavy atom. The second kappa shape index (κ2) is 6.47. The Morgan fingerprint density at radius 1 is 1.17 bits per heavy atom. The van der Waals surface area contributed by atoms with Crippen LogP contribution in [0.15, 0.2) is 18.2 Å². The Kier molecular flexibility index (Phi) is 4.38. The number of carbonyl (C=O) groups is 1. The lowest BCUT2D eigenvalue weighted by Gasteiger charge is -2.24. The minimum Gasteiger partial charge on any atom is -0.493 e. The van der Waals surface area contributed by atoms with E-state index in [2.05, 4.69) is 9.97 Å². The molecule has 1 aliphatic carbocycles. The van der Waals surface area contributed by atoms with E-state index < -0.39 is 0 Å². The standard InChI is InChI=1S/C18H21N3O3/c1-4-16-20-12-7-11(8-13(22)17(12)18(19)21-16)10-5-6-14(23-2)15(9-10)24-3/h5-6,9,11H,4,7-8H2,1-3H3,(H2,19,20,21)/t11-/m1/s1. The number of methoxy groups -OCH3 is 2. The first-order valence-electron chi connectivity index (χ1n) is 7.97. The lowest BCUT2D eigenvalue weighted by Crippen LogP contribution is -2.23. The van der Waals surface area contributed by atoms with Gasteiger partial charge in [-0.3, -0.25) is 4.79 Å². The van der Waals surface area contributed by atoms with E-state index >= 15 is 0 Å². The van der Waals surface area contributed by atoms with Crippen LogP contribution in [-0.4, -0.2) is 30.0 Å². The van der Waals surface area contributed by atoms with Gasteiger partial charge in [0.15, 0.2) is 17.3 Å². The number of aromatic nitrogens is 2. The van der Waals surface area contributed by atoms with Crippen molar-refractivity contribution in [2.75, 3.05) is 20.0 Å². The third kappa shape index (κ3) is 2.79. The molecule has 0 bridgehead atoms. The summed E-state index contributed by atoms with van der Waals surface area (Å²) in [5, 5.41) is 0. The van der Waals surface area contributed by atoms with Gasteiger partial charge in [-0.2, -0.15) is 0 Å². The number of rotatable bonds is 4. The zero-order valence-electron chi connectivity index (χ0n) is 14.1. The number of ether oxygens (including phenoxy) is 2. The maximum Gasteiger partial charge on any atom is 0.169 e. The predicted octanol–water partition coefficient (Wildman–Crippen LogP) is 2.55. The molecule has 1 aromatic carbocycles. The van der Waals surface area contributed by atoms with Crippen molar-refractivity contribution < 1.29 is 14.3 Å². The quantitative estimate of drug-likeness (QED) is 0.928. The summed E-state index contributed by atoms with van der Waals surface area (Å²) in [6.45, 7) is 1.97. The van der Waals surface area contributed by atoms with Crippen molar-refractivity contribution in [3.8, 4) is 11.5 Å². The van der Waals surface area contributed by atoms with Gasteiger partial charge in [-0.25, -0.2) is 9.97 Å². The van der Waals surface area contributed by atoms with E-state index in [1.165, 1.54) is 0 Å². The van der Waals surface area contributed by atoms with Crippen molar-refractivity contribution in [2.24, 2.45) is 0 Å². The van der Waals surface area contributed by atoms with E-state index in [1.54, 1.807) is 14.2 Å². The van der Waals surface area contributed by atoms with Gasteiger partial charge in [0.1, 0.15) is 11.6 Å². The van der Waals surface area contributed by atoms with Gasteiger partial charge in [0.2, 0.25) is 0 Å². The van der Waals surface area contributed by atoms with Crippen molar-refractivity contribution in [1.29, 1.82) is 0 Å². The van der Waals surface area contributed by atoms with Crippen LogP contribution in [0, 0.1) is 0 Å². The van der Waals surface area contributed by atoms with Crippen molar-refractivity contribution in [1.82, 2.24) is 9.97 Å². The molecule has 6 heteroatoms. The summed E-state index contributed by atoms with van der Waals surface area (Å²) < 4.78 is 10.6. The van der Waals surface area contributed by atoms with Crippen LogP contribution in [-0.2, 0) is 12.8 Å². The second-order valence-electron chi connectivity index (χ2n) is 5.84. The molecule has 0 aliphatic heterocycles. The van der Waals surface area contributed by atoms with E-state index in [1.807, 2.05) is 25.1 Å². The van der Waals surface area contributed by atoms with Crippen LogP contribution < -0.4 is 15.2 Å². The van der Waals surface area contributed by atoms with E-state index in [9.17, 15) is 4.79 Å². The molecule has 2 aromatic rings. The number of benzene rings is 1. The van der Waals surface area contributed by atoms with Gasteiger partial charge in [0.05, 0.1) is 25.5 Å². The molecule has 1 heterocycles. The summed E-state index contributed by atoms with van der Waals surface area (Å²) in [5.41, 5.74) is 8.23. The number of nitrogen functional groups attached to an aromatic ring is 1. The summed E-state index contributed by atoms with van der Waals surface area (Å²) in [5.74, 6) is 2.34. The molecule has 1 atom stereocenters. The van der Waals surface area contributed by atoms with Gasteiger partial charge in [0.25, 0.3) is 0 Å². The predicted molar refractivity (Wildman–Crippen MR) is 90.8 cm³/mol. The van der Waals surface area contributed by atoms with Crippen LogP contribution in [0.4, 0.5) is 5.82 Å². The highest BCUT2D eigenvalue weighted by molar-refractivity contribution is 6.02. The Bertz CT molecular complexity index is 789. The number of hydrogen-bond acceptors (Lipinski definition) is 6. The fraction of sp³-hybridized carbons (Fsp3) is 0.389. The largest absolute Gasteiger partial charge is 0.493 e.